The molecule has 1 unspecified atom stereocenters. The molecular formula is C13H23N7. The molecule has 0 bridgehead atoms. The summed E-state index contributed by atoms with van der Waals surface area (Å²) in [6, 6.07) is 2.31. The Morgan fingerprint density at radius 3 is 2.75 bits per heavy atom. The van der Waals surface area contributed by atoms with Gasteiger partial charge in [0.15, 0.2) is 0 Å². The predicted molar refractivity (Wildman–Crippen MR) is 76.8 cm³/mol. The second kappa shape index (κ2) is 6.15. The zero-order chi connectivity index (χ0) is 14.7. The maximum atomic E-state index is 5.73. The quantitative estimate of drug-likeness (QED) is 0.610. The third kappa shape index (κ3) is 2.88. The summed E-state index contributed by atoms with van der Waals surface area (Å²) < 4.78 is 3.89. The van der Waals surface area contributed by atoms with Crippen LogP contribution in [-0.2, 0) is 13.0 Å². The van der Waals surface area contributed by atoms with E-state index in [2.05, 4.69) is 47.4 Å². The molecule has 3 N–H and O–H groups in total. The molecule has 7 heteroatoms. The molecule has 2 rings (SSSR count). The van der Waals surface area contributed by atoms with Gasteiger partial charge in [-0.05, 0) is 33.8 Å². The van der Waals surface area contributed by atoms with E-state index in [4.69, 9.17) is 5.84 Å². The fourth-order valence-electron chi connectivity index (χ4n) is 2.38. The lowest BCUT2D eigenvalue weighted by molar-refractivity contribution is 0.447. The number of hydrogen-bond donors (Lipinski definition) is 2. The van der Waals surface area contributed by atoms with Gasteiger partial charge in [-0.25, -0.2) is 9.67 Å². The molecule has 0 radical (unpaired) electrons. The molecule has 0 amide bonds. The van der Waals surface area contributed by atoms with Crippen LogP contribution in [0.1, 0.15) is 50.1 Å². The van der Waals surface area contributed by atoms with E-state index in [1.807, 2.05) is 16.3 Å². The normalized spacial score (nSPS) is 13.1. The predicted octanol–water partition coefficient (Wildman–Crippen LogP) is 1.13. The Hall–Kier alpha value is -1.73. The minimum Gasteiger partial charge on any atom is -0.271 e. The topological polar surface area (TPSA) is 86.6 Å². The first kappa shape index (κ1) is 14.7. The third-order valence-corrected chi connectivity index (χ3v) is 3.31. The monoisotopic (exact) mass is 277 g/mol. The molecule has 0 saturated carbocycles. The van der Waals surface area contributed by atoms with Crippen LogP contribution in [0.15, 0.2) is 12.4 Å². The van der Waals surface area contributed by atoms with E-state index in [1.165, 1.54) is 0 Å². The molecule has 110 valence electrons. The molecule has 2 aromatic heterocycles. The van der Waals surface area contributed by atoms with Crippen molar-refractivity contribution in [3.63, 3.8) is 0 Å². The van der Waals surface area contributed by atoms with Crippen LogP contribution in [0.25, 0.3) is 0 Å². The number of aryl methyl sites for hydroxylation is 2. The number of nitrogens with one attached hydrogen (secondary N) is 1. The highest BCUT2D eigenvalue weighted by molar-refractivity contribution is 5.15. The molecule has 1 atom stereocenters. The van der Waals surface area contributed by atoms with Crippen molar-refractivity contribution in [3.05, 3.63) is 29.6 Å². The van der Waals surface area contributed by atoms with Crippen LogP contribution in [0.2, 0.25) is 0 Å². The van der Waals surface area contributed by atoms with Gasteiger partial charge in [-0.1, -0.05) is 0 Å². The van der Waals surface area contributed by atoms with Crippen LogP contribution in [0.3, 0.4) is 0 Å². The summed E-state index contributed by atoms with van der Waals surface area (Å²) in [6.07, 6.45) is 2.27. The van der Waals surface area contributed by atoms with E-state index in [0.29, 0.717) is 6.42 Å². The molecule has 0 saturated heterocycles. The Morgan fingerprint density at radius 1 is 1.40 bits per heavy atom. The highest BCUT2D eigenvalue weighted by Crippen LogP contribution is 2.19. The summed E-state index contributed by atoms with van der Waals surface area (Å²) in [5.74, 6) is 6.65. The van der Waals surface area contributed by atoms with E-state index < -0.39 is 0 Å². The average Bonchev–Trinajstić information content (AvgIpc) is 3.01. The van der Waals surface area contributed by atoms with Gasteiger partial charge in [0.05, 0.1) is 17.4 Å². The van der Waals surface area contributed by atoms with Crippen molar-refractivity contribution >= 4 is 0 Å². The highest BCUT2D eigenvalue weighted by atomic mass is 15.4. The maximum absolute atomic E-state index is 5.73. The van der Waals surface area contributed by atoms with Gasteiger partial charge < -0.3 is 0 Å². The average molecular weight is 277 g/mol. The van der Waals surface area contributed by atoms with Crippen LogP contribution in [0, 0.1) is 6.92 Å². The number of aromatic nitrogens is 5. The highest BCUT2D eigenvalue weighted by Gasteiger charge is 2.19. The molecular weight excluding hydrogens is 254 g/mol. The van der Waals surface area contributed by atoms with Crippen LogP contribution in [-0.4, -0.2) is 24.5 Å². The number of rotatable bonds is 6. The molecule has 0 spiro atoms. The smallest absolute Gasteiger partial charge is 0.138 e. The molecule has 0 aromatic carbocycles. The van der Waals surface area contributed by atoms with Crippen molar-refractivity contribution < 1.29 is 0 Å². The van der Waals surface area contributed by atoms with Gasteiger partial charge in [0, 0.05) is 19.0 Å². The van der Waals surface area contributed by atoms with Crippen molar-refractivity contribution in [2.75, 3.05) is 0 Å². The van der Waals surface area contributed by atoms with E-state index in [0.717, 1.165) is 23.8 Å². The molecule has 0 fully saturated rings. The zero-order valence-electron chi connectivity index (χ0n) is 12.5. The van der Waals surface area contributed by atoms with Gasteiger partial charge in [-0.2, -0.15) is 10.2 Å². The largest absolute Gasteiger partial charge is 0.271 e. The van der Waals surface area contributed by atoms with Crippen molar-refractivity contribution in [3.8, 4) is 0 Å². The standard InChI is InChI=1S/C13H23N7/c1-5-19-12(6-10(4)18-19)11(17-14)7-13-15-8-16-20(13)9(2)3/h6,8-9,11,17H,5,7,14H2,1-4H3. The van der Waals surface area contributed by atoms with E-state index in [-0.39, 0.29) is 12.1 Å². The second-order valence-corrected chi connectivity index (χ2v) is 5.16. The summed E-state index contributed by atoms with van der Waals surface area (Å²) in [7, 11) is 0. The Morgan fingerprint density at radius 2 is 2.15 bits per heavy atom. The summed E-state index contributed by atoms with van der Waals surface area (Å²) in [4.78, 5) is 4.34. The second-order valence-electron chi connectivity index (χ2n) is 5.16. The van der Waals surface area contributed by atoms with Gasteiger partial charge in [0.25, 0.3) is 0 Å². The minimum absolute atomic E-state index is 0.0298. The van der Waals surface area contributed by atoms with Crippen molar-refractivity contribution in [1.29, 1.82) is 0 Å². The van der Waals surface area contributed by atoms with E-state index in [1.54, 1.807) is 6.33 Å². The number of hydrogen-bond acceptors (Lipinski definition) is 5. The Labute approximate surface area is 119 Å². The van der Waals surface area contributed by atoms with Gasteiger partial charge in [-0.15, -0.1) is 0 Å². The summed E-state index contributed by atoms with van der Waals surface area (Å²) in [6.45, 7) is 9.05. The Kier molecular flexibility index (Phi) is 4.51. The van der Waals surface area contributed by atoms with Gasteiger partial charge >= 0.3 is 0 Å². The van der Waals surface area contributed by atoms with Crippen molar-refractivity contribution in [2.45, 2.75) is 52.7 Å². The first-order valence-corrected chi connectivity index (χ1v) is 6.95. The van der Waals surface area contributed by atoms with E-state index >= 15 is 0 Å². The number of hydrazine groups is 1. The fraction of sp³-hybridized carbons (Fsp3) is 0.615. The summed E-state index contributed by atoms with van der Waals surface area (Å²) in [5.41, 5.74) is 4.94. The Bertz CT molecular complexity index is 555. The first-order chi connectivity index (χ1) is 9.56. The lowest BCUT2D eigenvalue weighted by atomic mass is 10.1. The maximum Gasteiger partial charge on any atom is 0.138 e. The fourth-order valence-corrected chi connectivity index (χ4v) is 2.38. The van der Waals surface area contributed by atoms with Crippen molar-refractivity contribution in [1.82, 2.24) is 30.0 Å². The molecule has 0 aliphatic rings. The SMILES string of the molecule is CCn1nc(C)cc1C(Cc1ncnn1C(C)C)NN. The first-order valence-electron chi connectivity index (χ1n) is 6.95. The molecule has 2 aromatic rings. The van der Waals surface area contributed by atoms with Gasteiger partial charge in [0.2, 0.25) is 0 Å². The molecule has 2 heterocycles. The van der Waals surface area contributed by atoms with Gasteiger partial charge in [0.1, 0.15) is 12.2 Å². The molecule has 20 heavy (non-hydrogen) atoms. The van der Waals surface area contributed by atoms with E-state index in [9.17, 15) is 0 Å². The molecule has 7 nitrogen and oxygen atoms in total. The van der Waals surface area contributed by atoms with Crippen LogP contribution < -0.4 is 11.3 Å². The summed E-state index contributed by atoms with van der Waals surface area (Å²) >= 11 is 0. The third-order valence-electron chi connectivity index (χ3n) is 3.31. The van der Waals surface area contributed by atoms with Crippen molar-refractivity contribution in [2.24, 2.45) is 5.84 Å². The van der Waals surface area contributed by atoms with Crippen LogP contribution >= 0.6 is 0 Å². The van der Waals surface area contributed by atoms with Gasteiger partial charge in [-0.3, -0.25) is 16.0 Å². The lowest BCUT2D eigenvalue weighted by Crippen LogP contribution is -2.32. The van der Waals surface area contributed by atoms with Crippen LogP contribution in [0.4, 0.5) is 0 Å². The molecule has 0 aliphatic heterocycles. The van der Waals surface area contributed by atoms with Crippen LogP contribution in [0.5, 0.6) is 0 Å². The zero-order valence-corrected chi connectivity index (χ0v) is 12.5. The Balaban J connectivity index is 2.26. The minimum atomic E-state index is -0.0298. The molecule has 0 aliphatic carbocycles. The summed E-state index contributed by atoms with van der Waals surface area (Å²) in [5, 5.41) is 8.72. The lowest BCUT2D eigenvalue weighted by Gasteiger charge is -2.18. The number of nitrogens with zero attached hydrogens (tertiary/aromatic N) is 5. The number of nitrogens with two attached hydrogens (primary N) is 1.